The van der Waals surface area contributed by atoms with Crippen molar-refractivity contribution in [3.8, 4) is 0 Å². The van der Waals surface area contributed by atoms with E-state index in [1.165, 1.54) is 12.4 Å². The van der Waals surface area contributed by atoms with Crippen LogP contribution in [0, 0.1) is 0 Å². The molecule has 0 saturated carbocycles. The van der Waals surface area contributed by atoms with Gasteiger partial charge in [0.25, 0.3) is 0 Å². The number of ether oxygens (including phenoxy) is 1. The van der Waals surface area contributed by atoms with Gasteiger partial charge in [-0.1, -0.05) is 40.2 Å². The number of rotatable bonds is 3. The van der Waals surface area contributed by atoms with Crippen LogP contribution in [-0.4, -0.2) is 50.3 Å². The maximum atomic E-state index is 13.7. The first-order chi connectivity index (χ1) is 11.0. The molecular formula is C14H15BBrF3NO3. The number of nitrogens with zero attached hydrogens (tertiary/aromatic N) is 1. The number of benzene rings is 1. The van der Waals surface area contributed by atoms with Crippen LogP contribution in [0.15, 0.2) is 24.3 Å². The number of hydrogen-bond donors (Lipinski definition) is 0. The van der Waals surface area contributed by atoms with Crippen LogP contribution in [0.4, 0.5) is 13.2 Å². The molecule has 2 heterocycles. The molecule has 125 valence electrons. The highest BCUT2D eigenvalue weighted by Gasteiger charge is 2.53. The van der Waals surface area contributed by atoms with Crippen molar-refractivity contribution in [2.45, 2.75) is 29.6 Å². The molecular weight excluding hydrogens is 378 g/mol. The molecule has 3 unspecified atom stereocenters. The molecule has 2 saturated heterocycles. The Hall–Kier alpha value is -0.605. The molecule has 23 heavy (non-hydrogen) atoms. The van der Waals surface area contributed by atoms with Gasteiger partial charge in [-0.25, -0.2) is 0 Å². The van der Waals surface area contributed by atoms with Gasteiger partial charge in [-0.15, -0.1) is 0 Å². The Morgan fingerprint density at radius 2 is 2.00 bits per heavy atom. The van der Waals surface area contributed by atoms with Crippen LogP contribution < -0.4 is 0 Å². The summed E-state index contributed by atoms with van der Waals surface area (Å²) in [7, 11) is 1.30. The van der Waals surface area contributed by atoms with E-state index in [0.29, 0.717) is 10.9 Å². The fourth-order valence-electron chi connectivity index (χ4n) is 2.92. The molecule has 2 fully saturated rings. The predicted octanol–water partition coefficient (Wildman–Crippen LogP) is 2.79. The number of halogens is 4. The number of hydrogen-bond acceptors (Lipinski definition) is 4. The zero-order valence-electron chi connectivity index (χ0n) is 12.1. The zero-order valence-corrected chi connectivity index (χ0v) is 13.7. The molecule has 1 aromatic carbocycles. The van der Waals surface area contributed by atoms with Gasteiger partial charge in [0.05, 0.1) is 13.2 Å². The molecule has 4 nitrogen and oxygen atoms in total. The van der Waals surface area contributed by atoms with Gasteiger partial charge in [0.1, 0.15) is 12.1 Å². The van der Waals surface area contributed by atoms with Gasteiger partial charge in [-0.05, 0) is 11.1 Å². The van der Waals surface area contributed by atoms with Crippen molar-refractivity contribution in [1.82, 2.24) is 4.90 Å². The Kier molecular flexibility index (Phi) is 5.32. The summed E-state index contributed by atoms with van der Waals surface area (Å²) in [5, 5.41) is 0.652. The van der Waals surface area contributed by atoms with Crippen molar-refractivity contribution in [2.75, 3.05) is 19.8 Å². The van der Waals surface area contributed by atoms with Crippen molar-refractivity contribution in [1.29, 1.82) is 0 Å². The van der Waals surface area contributed by atoms with Gasteiger partial charge < -0.3 is 9.54 Å². The van der Waals surface area contributed by atoms with Crippen LogP contribution in [0.3, 0.4) is 0 Å². The maximum Gasteiger partial charge on any atom is 0.406 e. The highest BCUT2D eigenvalue weighted by Crippen LogP contribution is 2.40. The lowest BCUT2D eigenvalue weighted by atomic mass is 9.85. The zero-order chi connectivity index (χ0) is 16.4. The quantitative estimate of drug-likeness (QED) is 0.449. The third kappa shape index (κ3) is 3.74. The molecule has 1 aromatic rings. The summed E-state index contributed by atoms with van der Waals surface area (Å²) in [6, 6.07) is 5.24. The highest BCUT2D eigenvalue weighted by molar-refractivity contribution is 9.08. The second-order valence-electron chi connectivity index (χ2n) is 5.48. The summed E-state index contributed by atoms with van der Waals surface area (Å²) in [6.07, 6.45) is -5.49. The smallest absolute Gasteiger partial charge is 0.370 e. The van der Waals surface area contributed by atoms with E-state index in [-0.39, 0.29) is 19.8 Å². The standard InChI is InChI=1S/C14H15BBrF3NO3/c16-7-9-1-3-10(4-2-9)12-13(14(17,18)19)20(5-6-21-12)11-8-22-23-15-11/h1-4,11-13H,5-8H2. The van der Waals surface area contributed by atoms with E-state index in [1.54, 1.807) is 24.3 Å². The second kappa shape index (κ2) is 7.10. The minimum atomic E-state index is -4.42. The van der Waals surface area contributed by atoms with E-state index in [4.69, 9.17) is 9.62 Å². The summed E-state index contributed by atoms with van der Waals surface area (Å²) >= 11 is 3.32. The summed E-state index contributed by atoms with van der Waals surface area (Å²) in [5.74, 6) is -0.533. The maximum absolute atomic E-state index is 13.7. The Balaban J connectivity index is 1.89. The third-order valence-electron chi connectivity index (χ3n) is 4.03. The normalized spacial score (nSPS) is 29.5. The van der Waals surface area contributed by atoms with Crippen molar-refractivity contribution < 1.29 is 27.6 Å². The molecule has 0 amide bonds. The van der Waals surface area contributed by atoms with E-state index < -0.39 is 24.3 Å². The molecule has 3 atom stereocenters. The number of alkyl halides is 4. The van der Waals surface area contributed by atoms with E-state index >= 15 is 0 Å². The monoisotopic (exact) mass is 392 g/mol. The van der Waals surface area contributed by atoms with Gasteiger partial charge >= 0.3 is 13.7 Å². The summed E-state index contributed by atoms with van der Waals surface area (Å²) < 4.78 is 46.6. The van der Waals surface area contributed by atoms with Crippen LogP contribution in [0.1, 0.15) is 17.2 Å². The Labute approximate surface area is 141 Å². The van der Waals surface area contributed by atoms with Crippen LogP contribution >= 0.6 is 15.9 Å². The van der Waals surface area contributed by atoms with Crippen LogP contribution in [0.5, 0.6) is 0 Å². The second-order valence-corrected chi connectivity index (χ2v) is 6.04. The van der Waals surface area contributed by atoms with Crippen molar-refractivity contribution >= 4 is 23.4 Å². The SMILES string of the molecule is FC(F)(F)C1C(c2ccc(CBr)cc2)OCCN1C1[B]OOC1. The van der Waals surface area contributed by atoms with Gasteiger partial charge in [0, 0.05) is 17.8 Å². The van der Waals surface area contributed by atoms with Crippen LogP contribution in [0.2, 0.25) is 0 Å². The first kappa shape index (κ1) is 17.2. The largest absolute Gasteiger partial charge is 0.406 e. The lowest BCUT2D eigenvalue weighted by molar-refractivity contribution is -0.242. The first-order valence-electron chi connectivity index (χ1n) is 7.21. The molecule has 2 aliphatic heterocycles. The minimum absolute atomic E-state index is 0.0851. The van der Waals surface area contributed by atoms with Gasteiger partial charge in [-0.3, -0.25) is 9.79 Å². The molecule has 0 spiro atoms. The van der Waals surface area contributed by atoms with Crippen LogP contribution in [0.25, 0.3) is 0 Å². The Morgan fingerprint density at radius 3 is 2.57 bits per heavy atom. The summed E-state index contributed by atoms with van der Waals surface area (Å²) in [6.45, 7) is 0.484. The van der Waals surface area contributed by atoms with Gasteiger partial charge in [0.2, 0.25) is 0 Å². The first-order valence-corrected chi connectivity index (χ1v) is 8.33. The molecule has 2 aliphatic rings. The predicted molar refractivity (Wildman–Crippen MR) is 80.9 cm³/mol. The van der Waals surface area contributed by atoms with Crippen molar-refractivity contribution in [2.24, 2.45) is 0 Å². The highest BCUT2D eigenvalue weighted by atomic mass is 79.9. The topological polar surface area (TPSA) is 30.9 Å². The fourth-order valence-corrected chi connectivity index (χ4v) is 3.30. The average Bonchev–Trinajstić information content (AvgIpc) is 3.08. The van der Waals surface area contributed by atoms with Crippen molar-refractivity contribution in [3.63, 3.8) is 0 Å². The van der Waals surface area contributed by atoms with Gasteiger partial charge in [0.15, 0.2) is 0 Å². The van der Waals surface area contributed by atoms with E-state index in [0.717, 1.165) is 5.56 Å². The number of morpholine rings is 1. The van der Waals surface area contributed by atoms with Crippen molar-refractivity contribution in [3.05, 3.63) is 35.4 Å². The van der Waals surface area contributed by atoms with E-state index in [2.05, 4.69) is 20.7 Å². The molecule has 3 rings (SSSR count). The Morgan fingerprint density at radius 1 is 1.26 bits per heavy atom. The summed E-state index contributed by atoms with van der Waals surface area (Å²) in [4.78, 5) is 10.7. The van der Waals surface area contributed by atoms with Gasteiger partial charge in [-0.2, -0.15) is 13.2 Å². The molecule has 0 N–H and O–H groups in total. The minimum Gasteiger partial charge on any atom is -0.370 e. The molecule has 0 aliphatic carbocycles. The third-order valence-corrected chi connectivity index (χ3v) is 4.68. The van der Waals surface area contributed by atoms with E-state index in [9.17, 15) is 13.2 Å². The Bertz CT molecular complexity index is 525. The lowest BCUT2D eigenvalue weighted by Gasteiger charge is -2.44. The molecule has 9 heteroatoms. The lowest BCUT2D eigenvalue weighted by Crippen LogP contribution is -2.59. The molecule has 0 bridgehead atoms. The van der Waals surface area contributed by atoms with E-state index in [1.807, 2.05) is 0 Å². The summed E-state index contributed by atoms with van der Waals surface area (Å²) in [5.41, 5.74) is 1.51. The molecule has 0 aromatic heterocycles. The average molecular weight is 393 g/mol. The van der Waals surface area contributed by atoms with Crippen LogP contribution in [-0.2, 0) is 19.8 Å². The molecule has 1 radical (unpaired) electrons. The fraction of sp³-hybridized carbons (Fsp3) is 0.571.